The minimum atomic E-state index is -0.147. The number of hydrogen-bond acceptors (Lipinski definition) is 2. The molecule has 0 saturated carbocycles. The molecule has 0 spiro atoms. The third kappa shape index (κ3) is 2.25. The summed E-state index contributed by atoms with van der Waals surface area (Å²) in [5, 5.41) is 2.00. The SMILES string of the molecule is NCc1sccc1Cc1ccccc1F. The molecule has 0 aliphatic carbocycles. The number of hydrogen-bond donors (Lipinski definition) is 1. The second kappa shape index (κ2) is 4.55. The zero-order valence-corrected chi connectivity index (χ0v) is 9.06. The third-order valence-corrected chi connectivity index (χ3v) is 3.35. The summed E-state index contributed by atoms with van der Waals surface area (Å²) < 4.78 is 13.4. The van der Waals surface area contributed by atoms with Gasteiger partial charge in [-0.2, -0.15) is 0 Å². The van der Waals surface area contributed by atoms with Crippen molar-refractivity contribution in [2.45, 2.75) is 13.0 Å². The van der Waals surface area contributed by atoms with Gasteiger partial charge in [0.2, 0.25) is 0 Å². The molecule has 2 N–H and O–H groups in total. The van der Waals surface area contributed by atoms with Crippen molar-refractivity contribution in [3.8, 4) is 0 Å². The highest BCUT2D eigenvalue weighted by Crippen LogP contribution is 2.20. The molecular formula is C12H12FNS. The number of halogens is 1. The zero-order valence-electron chi connectivity index (χ0n) is 8.24. The summed E-state index contributed by atoms with van der Waals surface area (Å²) >= 11 is 1.63. The first kappa shape index (κ1) is 10.3. The third-order valence-electron chi connectivity index (χ3n) is 2.36. The lowest BCUT2D eigenvalue weighted by atomic mass is 10.1. The van der Waals surface area contributed by atoms with Gasteiger partial charge in [0.15, 0.2) is 0 Å². The van der Waals surface area contributed by atoms with Gasteiger partial charge < -0.3 is 5.73 Å². The number of thiophene rings is 1. The van der Waals surface area contributed by atoms with Crippen molar-refractivity contribution in [2.24, 2.45) is 5.73 Å². The van der Waals surface area contributed by atoms with Crippen LogP contribution >= 0.6 is 11.3 Å². The van der Waals surface area contributed by atoms with E-state index in [1.54, 1.807) is 17.4 Å². The van der Waals surface area contributed by atoms with Crippen LogP contribution in [0.1, 0.15) is 16.0 Å². The predicted molar refractivity (Wildman–Crippen MR) is 61.4 cm³/mol. The minimum absolute atomic E-state index is 0.147. The molecular weight excluding hydrogens is 209 g/mol. The van der Waals surface area contributed by atoms with Crippen molar-refractivity contribution in [1.82, 2.24) is 0 Å². The monoisotopic (exact) mass is 221 g/mol. The molecule has 0 aliphatic heterocycles. The van der Waals surface area contributed by atoms with Crippen LogP contribution in [-0.2, 0) is 13.0 Å². The van der Waals surface area contributed by atoms with Crippen molar-refractivity contribution in [3.05, 3.63) is 57.5 Å². The van der Waals surface area contributed by atoms with E-state index < -0.39 is 0 Å². The molecule has 0 atom stereocenters. The van der Waals surface area contributed by atoms with Gasteiger partial charge in [-0.3, -0.25) is 0 Å². The lowest BCUT2D eigenvalue weighted by molar-refractivity contribution is 0.614. The smallest absolute Gasteiger partial charge is 0.126 e. The van der Waals surface area contributed by atoms with Crippen molar-refractivity contribution in [1.29, 1.82) is 0 Å². The van der Waals surface area contributed by atoms with Gasteiger partial charge in [0.1, 0.15) is 5.82 Å². The summed E-state index contributed by atoms with van der Waals surface area (Å²) in [5.41, 5.74) is 7.46. The van der Waals surface area contributed by atoms with E-state index in [0.29, 0.717) is 13.0 Å². The highest BCUT2D eigenvalue weighted by atomic mass is 32.1. The molecule has 0 aliphatic rings. The molecule has 1 aromatic carbocycles. The minimum Gasteiger partial charge on any atom is -0.326 e. The Hall–Kier alpha value is -1.19. The molecule has 0 fully saturated rings. The maximum Gasteiger partial charge on any atom is 0.126 e. The van der Waals surface area contributed by atoms with Gasteiger partial charge >= 0.3 is 0 Å². The molecule has 2 aromatic rings. The van der Waals surface area contributed by atoms with Crippen LogP contribution in [0.3, 0.4) is 0 Å². The first-order chi connectivity index (χ1) is 7.31. The van der Waals surface area contributed by atoms with E-state index in [0.717, 1.165) is 16.0 Å². The summed E-state index contributed by atoms with van der Waals surface area (Å²) in [6.45, 7) is 0.529. The molecule has 0 bridgehead atoms. The van der Waals surface area contributed by atoms with Crippen LogP contribution < -0.4 is 5.73 Å². The van der Waals surface area contributed by atoms with Crippen molar-refractivity contribution < 1.29 is 4.39 Å². The Morgan fingerprint density at radius 2 is 1.93 bits per heavy atom. The summed E-state index contributed by atoms with van der Waals surface area (Å²) in [6, 6.07) is 8.87. The van der Waals surface area contributed by atoms with E-state index >= 15 is 0 Å². The summed E-state index contributed by atoms with van der Waals surface area (Å²) in [6.07, 6.45) is 0.628. The highest BCUT2D eigenvalue weighted by molar-refractivity contribution is 7.10. The largest absolute Gasteiger partial charge is 0.326 e. The Morgan fingerprint density at radius 3 is 2.67 bits per heavy atom. The topological polar surface area (TPSA) is 26.0 Å². The molecule has 1 aromatic heterocycles. The molecule has 0 amide bonds. The highest BCUT2D eigenvalue weighted by Gasteiger charge is 2.06. The van der Waals surface area contributed by atoms with Crippen molar-refractivity contribution in [2.75, 3.05) is 0 Å². The Labute approximate surface area is 92.4 Å². The molecule has 3 heteroatoms. The Morgan fingerprint density at radius 1 is 1.13 bits per heavy atom. The summed E-state index contributed by atoms with van der Waals surface area (Å²) in [5.74, 6) is -0.147. The Bertz CT molecular complexity index is 450. The lowest BCUT2D eigenvalue weighted by Gasteiger charge is -2.03. The van der Waals surface area contributed by atoms with Crippen LogP contribution in [0.15, 0.2) is 35.7 Å². The fraction of sp³-hybridized carbons (Fsp3) is 0.167. The summed E-state index contributed by atoms with van der Waals surface area (Å²) in [7, 11) is 0. The Kier molecular flexibility index (Phi) is 3.14. The van der Waals surface area contributed by atoms with E-state index in [-0.39, 0.29) is 5.82 Å². The van der Waals surface area contributed by atoms with Gasteiger partial charge in [-0.05, 0) is 28.6 Å². The van der Waals surface area contributed by atoms with Crippen molar-refractivity contribution in [3.63, 3.8) is 0 Å². The second-order valence-electron chi connectivity index (χ2n) is 3.34. The molecule has 1 heterocycles. The van der Waals surface area contributed by atoms with Crippen LogP contribution in [-0.4, -0.2) is 0 Å². The molecule has 78 valence electrons. The zero-order chi connectivity index (χ0) is 10.7. The fourth-order valence-electron chi connectivity index (χ4n) is 1.55. The molecule has 0 saturated heterocycles. The maximum atomic E-state index is 13.4. The average Bonchev–Trinajstić information content (AvgIpc) is 2.69. The van der Waals surface area contributed by atoms with Gasteiger partial charge in [-0.25, -0.2) is 4.39 Å². The normalized spacial score (nSPS) is 10.5. The van der Waals surface area contributed by atoms with Crippen LogP contribution in [0.2, 0.25) is 0 Å². The van der Waals surface area contributed by atoms with Gasteiger partial charge in [0.05, 0.1) is 0 Å². The molecule has 15 heavy (non-hydrogen) atoms. The fourth-order valence-corrected chi connectivity index (χ4v) is 2.33. The Balaban J connectivity index is 2.26. The molecule has 1 nitrogen and oxygen atoms in total. The van der Waals surface area contributed by atoms with E-state index in [1.165, 1.54) is 6.07 Å². The van der Waals surface area contributed by atoms with Crippen molar-refractivity contribution >= 4 is 11.3 Å². The maximum absolute atomic E-state index is 13.4. The first-order valence-electron chi connectivity index (χ1n) is 4.80. The average molecular weight is 221 g/mol. The first-order valence-corrected chi connectivity index (χ1v) is 5.68. The van der Waals surface area contributed by atoms with Gasteiger partial charge in [0, 0.05) is 17.8 Å². The molecule has 0 unspecified atom stereocenters. The number of nitrogens with two attached hydrogens (primary N) is 1. The van der Waals surface area contributed by atoms with Gasteiger partial charge in [0.25, 0.3) is 0 Å². The van der Waals surface area contributed by atoms with E-state index in [4.69, 9.17) is 5.73 Å². The standard InChI is InChI=1S/C12H12FNS/c13-11-4-2-1-3-9(11)7-10-5-6-15-12(10)8-14/h1-6H,7-8,14H2. The van der Waals surface area contributed by atoms with E-state index in [1.807, 2.05) is 23.6 Å². The van der Waals surface area contributed by atoms with Crippen LogP contribution in [0.25, 0.3) is 0 Å². The summed E-state index contributed by atoms with van der Waals surface area (Å²) in [4.78, 5) is 1.14. The molecule has 2 rings (SSSR count). The van der Waals surface area contributed by atoms with E-state index in [9.17, 15) is 4.39 Å². The number of benzene rings is 1. The van der Waals surface area contributed by atoms with Crippen LogP contribution in [0, 0.1) is 5.82 Å². The van der Waals surface area contributed by atoms with Crippen LogP contribution in [0.5, 0.6) is 0 Å². The second-order valence-corrected chi connectivity index (χ2v) is 4.34. The quantitative estimate of drug-likeness (QED) is 0.847. The van der Waals surface area contributed by atoms with Crippen LogP contribution in [0.4, 0.5) is 4.39 Å². The number of rotatable bonds is 3. The van der Waals surface area contributed by atoms with E-state index in [2.05, 4.69) is 0 Å². The van der Waals surface area contributed by atoms with Gasteiger partial charge in [-0.1, -0.05) is 18.2 Å². The predicted octanol–water partition coefficient (Wildman–Crippen LogP) is 2.94. The van der Waals surface area contributed by atoms with Gasteiger partial charge in [-0.15, -0.1) is 11.3 Å². The molecule has 0 radical (unpaired) electrons. The lowest BCUT2D eigenvalue weighted by Crippen LogP contribution is -1.99.